The van der Waals surface area contributed by atoms with E-state index < -0.39 is 6.36 Å². The fourth-order valence-corrected chi connectivity index (χ4v) is 2.15. The van der Waals surface area contributed by atoms with Crippen LogP contribution >= 0.6 is 0 Å². The molecule has 0 fully saturated rings. The van der Waals surface area contributed by atoms with Gasteiger partial charge in [-0.25, -0.2) is 0 Å². The summed E-state index contributed by atoms with van der Waals surface area (Å²) >= 11 is 0. The molecule has 2 aromatic carbocycles. The van der Waals surface area contributed by atoms with Gasteiger partial charge in [0, 0.05) is 7.05 Å². The topological polar surface area (TPSA) is 47.3 Å². The van der Waals surface area contributed by atoms with Gasteiger partial charge in [-0.2, -0.15) is 0 Å². The van der Waals surface area contributed by atoms with Gasteiger partial charge in [-0.15, -0.1) is 13.2 Å². The van der Waals surface area contributed by atoms with Crippen LogP contribution in [0, 0.1) is 0 Å². The van der Waals surface area contributed by atoms with Crippen LogP contribution in [0.2, 0.25) is 0 Å². The Bertz CT molecular complexity index is 795. The number of hydrogen-bond acceptors (Lipinski definition) is 4. The summed E-state index contributed by atoms with van der Waals surface area (Å²) < 4.78 is 45.4. The molecule has 1 aromatic heterocycles. The van der Waals surface area contributed by atoms with Crippen molar-refractivity contribution in [3.63, 3.8) is 0 Å². The Morgan fingerprint density at radius 2 is 1.73 bits per heavy atom. The highest BCUT2D eigenvalue weighted by Crippen LogP contribution is 2.30. The summed E-state index contributed by atoms with van der Waals surface area (Å²) in [6.07, 6.45) is -4.69. The van der Waals surface area contributed by atoms with Gasteiger partial charge in [0.2, 0.25) is 0 Å². The maximum Gasteiger partial charge on any atom is 0.573 e. The Labute approximate surface area is 123 Å². The maximum atomic E-state index is 12.1. The lowest BCUT2D eigenvalue weighted by molar-refractivity contribution is -0.274. The van der Waals surface area contributed by atoms with E-state index in [9.17, 15) is 13.2 Å². The van der Waals surface area contributed by atoms with Crippen LogP contribution < -0.4 is 10.1 Å². The van der Waals surface area contributed by atoms with E-state index >= 15 is 0 Å². The Kier molecular flexibility index (Phi) is 3.40. The van der Waals surface area contributed by atoms with E-state index in [2.05, 4.69) is 15.2 Å². The number of alkyl halides is 3. The third-order valence-corrected chi connectivity index (χ3v) is 3.13. The Balaban J connectivity index is 1.93. The lowest BCUT2D eigenvalue weighted by atomic mass is 10.0. The first-order valence-electron chi connectivity index (χ1n) is 6.39. The summed E-state index contributed by atoms with van der Waals surface area (Å²) in [7, 11) is 1.73. The van der Waals surface area contributed by atoms with Crippen molar-refractivity contribution in [3.05, 3.63) is 42.5 Å². The molecule has 0 aliphatic rings. The van der Waals surface area contributed by atoms with Crippen LogP contribution in [0.5, 0.6) is 5.75 Å². The van der Waals surface area contributed by atoms with Gasteiger partial charge in [0.05, 0.1) is 5.39 Å². The van der Waals surface area contributed by atoms with Gasteiger partial charge in [0.25, 0.3) is 0 Å². The molecule has 0 amide bonds. The van der Waals surface area contributed by atoms with Gasteiger partial charge in [-0.05, 0) is 35.4 Å². The molecule has 0 saturated heterocycles. The fourth-order valence-electron chi connectivity index (χ4n) is 2.15. The van der Waals surface area contributed by atoms with Crippen LogP contribution in [0.15, 0.2) is 47.0 Å². The number of nitrogens with zero attached hydrogens (tertiary/aromatic N) is 1. The van der Waals surface area contributed by atoms with Crippen molar-refractivity contribution in [1.29, 1.82) is 0 Å². The van der Waals surface area contributed by atoms with Crippen LogP contribution in [-0.4, -0.2) is 18.6 Å². The summed E-state index contributed by atoms with van der Waals surface area (Å²) in [6.45, 7) is 0. The minimum atomic E-state index is -4.69. The molecule has 0 radical (unpaired) electrons. The Morgan fingerprint density at radius 3 is 2.36 bits per heavy atom. The molecule has 3 aromatic rings. The number of fused-ring (bicyclic) bond motifs is 1. The predicted molar refractivity (Wildman–Crippen MR) is 75.7 cm³/mol. The number of anilines is 1. The normalized spacial score (nSPS) is 11.6. The number of halogens is 3. The standard InChI is InChI=1S/C15H11F3N2O2/c1-19-14-12-8-10(4-7-13(12)22-20-14)9-2-5-11(6-3-9)21-15(16,17)18/h2-8H,1H3,(H,19,20). The SMILES string of the molecule is CNc1noc2ccc(-c3ccc(OC(F)(F)F)cc3)cc12. The molecule has 0 saturated carbocycles. The molecule has 114 valence electrons. The zero-order valence-corrected chi connectivity index (χ0v) is 11.4. The Hall–Kier alpha value is -2.70. The lowest BCUT2D eigenvalue weighted by Gasteiger charge is -2.09. The van der Waals surface area contributed by atoms with Crippen LogP contribution in [0.25, 0.3) is 22.1 Å². The third kappa shape index (κ3) is 2.83. The number of hydrogen-bond donors (Lipinski definition) is 1. The van der Waals surface area contributed by atoms with Crippen LogP contribution in [0.1, 0.15) is 0 Å². The average molecular weight is 308 g/mol. The van der Waals surface area contributed by atoms with E-state index in [4.69, 9.17) is 4.52 Å². The largest absolute Gasteiger partial charge is 0.573 e. The second-order valence-corrected chi connectivity index (χ2v) is 4.56. The zero-order chi connectivity index (χ0) is 15.7. The Morgan fingerprint density at radius 1 is 1.05 bits per heavy atom. The summed E-state index contributed by atoms with van der Waals surface area (Å²) in [5, 5.41) is 7.59. The first-order valence-corrected chi connectivity index (χ1v) is 6.39. The van der Waals surface area contributed by atoms with E-state index in [1.165, 1.54) is 12.1 Å². The molecule has 0 bridgehead atoms. The van der Waals surface area contributed by atoms with Gasteiger partial charge in [0.1, 0.15) is 5.75 Å². The molecule has 0 atom stereocenters. The maximum absolute atomic E-state index is 12.1. The molecule has 0 aliphatic carbocycles. The minimum absolute atomic E-state index is 0.252. The van der Waals surface area contributed by atoms with E-state index in [1.807, 2.05) is 12.1 Å². The van der Waals surface area contributed by atoms with Crippen molar-refractivity contribution in [2.75, 3.05) is 12.4 Å². The molecule has 22 heavy (non-hydrogen) atoms. The van der Waals surface area contributed by atoms with E-state index in [0.29, 0.717) is 11.4 Å². The van der Waals surface area contributed by atoms with Gasteiger partial charge in [-0.1, -0.05) is 23.4 Å². The molecule has 7 heteroatoms. The number of nitrogens with one attached hydrogen (secondary N) is 1. The van der Waals surface area contributed by atoms with Gasteiger partial charge < -0.3 is 14.6 Å². The molecule has 0 unspecified atom stereocenters. The van der Waals surface area contributed by atoms with Crippen molar-refractivity contribution in [3.8, 4) is 16.9 Å². The smallest absolute Gasteiger partial charge is 0.406 e. The highest BCUT2D eigenvalue weighted by molar-refractivity contribution is 5.91. The minimum Gasteiger partial charge on any atom is -0.406 e. The average Bonchev–Trinajstić information content (AvgIpc) is 2.88. The number of ether oxygens (including phenoxy) is 1. The molecule has 3 rings (SSSR count). The van der Waals surface area contributed by atoms with Crippen LogP contribution in [0.4, 0.5) is 19.0 Å². The molecular weight excluding hydrogens is 297 g/mol. The lowest BCUT2D eigenvalue weighted by Crippen LogP contribution is -2.16. The first kappa shape index (κ1) is 14.2. The van der Waals surface area contributed by atoms with Gasteiger partial charge in [-0.3, -0.25) is 0 Å². The summed E-state index contributed by atoms with van der Waals surface area (Å²) in [4.78, 5) is 0. The van der Waals surface area contributed by atoms with Gasteiger partial charge in [0.15, 0.2) is 11.4 Å². The second-order valence-electron chi connectivity index (χ2n) is 4.56. The zero-order valence-electron chi connectivity index (χ0n) is 11.4. The third-order valence-electron chi connectivity index (χ3n) is 3.13. The van der Waals surface area contributed by atoms with Crippen molar-refractivity contribution >= 4 is 16.8 Å². The molecule has 1 heterocycles. The van der Waals surface area contributed by atoms with Crippen molar-refractivity contribution in [1.82, 2.24) is 5.16 Å². The molecule has 0 spiro atoms. The molecule has 4 nitrogen and oxygen atoms in total. The molecular formula is C15H11F3N2O2. The summed E-state index contributed by atoms with van der Waals surface area (Å²) in [6, 6.07) is 11.1. The van der Waals surface area contributed by atoms with Gasteiger partial charge >= 0.3 is 6.36 Å². The van der Waals surface area contributed by atoms with E-state index in [1.54, 1.807) is 25.2 Å². The second kappa shape index (κ2) is 5.25. The first-order chi connectivity index (χ1) is 10.5. The van der Waals surface area contributed by atoms with Crippen LogP contribution in [-0.2, 0) is 0 Å². The number of aromatic nitrogens is 1. The molecule has 0 aliphatic heterocycles. The van der Waals surface area contributed by atoms with Crippen molar-refractivity contribution in [2.24, 2.45) is 0 Å². The predicted octanol–water partition coefficient (Wildman–Crippen LogP) is 4.44. The highest BCUT2D eigenvalue weighted by Gasteiger charge is 2.30. The van der Waals surface area contributed by atoms with Crippen molar-refractivity contribution < 1.29 is 22.4 Å². The monoisotopic (exact) mass is 308 g/mol. The van der Waals surface area contributed by atoms with E-state index in [-0.39, 0.29) is 5.75 Å². The fraction of sp³-hybridized carbons (Fsp3) is 0.133. The number of rotatable bonds is 3. The highest BCUT2D eigenvalue weighted by atomic mass is 19.4. The van der Waals surface area contributed by atoms with E-state index in [0.717, 1.165) is 16.5 Å². The number of benzene rings is 2. The summed E-state index contributed by atoms with van der Waals surface area (Å²) in [5.41, 5.74) is 2.23. The van der Waals surface area contributed by atoms with Crippen molar-refractivity contribution in [2.45, 2.75) is 6.36 Å². The molecule has 1 N–H and O–H groups in total. The van der Waals surface area contributed by atoms with Crippen LogP contribution in [0.3, 0.4) is 0 Å². The summed E-state index contributed by atoms with van der Waals surface area (Å²) in [5.74, 6) is 0.354. The quantitative estimate of drug-likeness (QED) is 0.777.